The van der Waals surface area contributed by atoms with Crippen LogP contribution in [0.15, 0.2) is 0 Å². The minimum atomic E-state index is -0.0471. The van der Waals surface area contributed by atoms with Gasteiger partial charge in [0.1, 0.15) is 0 Å². The highest BCUT2D eigenvalue weighted by atomic mass is 16.3. The first-order chi connectivity index (χ1) is 10.6. The van der Waals surface area contributed by atoms with E-state index < -0.39 is 0 Å². The molecule has 128 valence electrons. The lowest BCUT2D eigenvalue weighted by Crippen LogP contribution is -2.50. The van der Waals surface area contributed by atoms with E-state index in [9.17, 15) is 9.90 Å². The lowest BCUT2D eigenvalue weighted by molar-refractivity contribution is 0.159. The Balaban J connectivity index is 1.68. The van der Waals surface area contributed by atoms with E-state index in [2.05, 4.69) is 29.4 Å². The summed E-state index contributed by atoms with van der Waals surface area (Å²) in [5.41, 5.74) is 0.0292. The molecule has 0 spiro atoms. The van der Waals surface area contributed by atoms with Crippen LogP contribution in [0.1, 0.15) is 58.8 Å². The molecule has 2 aliphatic rings. The average molecular weight is 311 g/mol. The van der Waals surface area contributed by atoms with E-state index in [-0.39, 0.29) is 18.1 Å². The highest BCUT2D eigenvalue weighted by Gasteiger charge is 2.32. The molecule has 1 saturated carbocycles. The molecule has 1 heterocycles. The van der Waals surface area contributed by atoms with Gasteiger partial charge in [-0.05, 0) is 50.4 Å². The fraction of sp³-hybridized carbons (Fsp3) is 0.941. The number of nitrogens with one attached hydrogen (secondary N) is 2. The zero-order chi connectivity index (χ0) is 16.0. The van der Waals surface area contributed by atoms with Gasteiger partial charge in [-0.3, -0.25) is 0 Å². The second-order valence-corrected chi connectivity index (χ2v) is 7.05. The highest BCUT2D eigenvalue weighted by Crippen LogP contribution is 2.30. The fourth-order valence-corrected chi connectivity index (χ4v) is 3.53. The summed E-state index contributed by atoms with van der Waals surface area (Å²) in [6, 6.07) is 1.10. The Morgan fingerprint density at radius 1 is 1.18 bits per heavy atom. The number of aliphatic hydroxyl groups excluding tert-OH is 1. The van der Waals surface area contributed by atoms with E-state index in [4.69, 9.17) is 0 Å². The summed E-state index contributed by atoms with van der Waals surface area (Å²) in [5.74, 6) is 0. The Kier molecular flexibility index (Phi) is 6.50. The van der Waals surface area contributed by atoms with Crippen LogP contribution in [-0.2, 0) is 0 Å². The monoisotopic (exact) mass is 311 g/mol. The number of carbonyl (C=O) groups excluding carboxylic acids is 1. The molecule has 1 saturated heterocycles. The number of amides is 2. The molecular formula is C17H33N3O2. The second-order valence-electron chi connectivity index (χ2n) is 7.05. The Bertz CT molecular complexity index is 346. The second kappa shape index (κ2) is 8.16. The average Bonchev–Trinajstić information content (AvgIpc) is 3.37. The van der Waals surface area contributed by atoms with Crippen LogP contribution in [0, 0.1) is 5.41 Å². The van der Waals surface area contributed by atoms with Gasteiger partial charge in [0.2, 0.25) is 0 Å². The molecule has 0 aromatic rings. The molecule has 3 N–H and O–H groups in total. The number of urea groups is 1. The van der Waals surface area contributed by atoms with E-state index >= 15 is 0 Å². The zero-order valence-electron chi connectivity index (χ0n) is 14.2. The van der Waals surface area contributed by atoms with Gasteiger partial charge in [0.25, 0.3) is 0 Å². The first kappa shape index (κ1) is 17.5. The van der Waals surface area contributed by atoms with Crippen molar-refractivity contribution in [3.8, 4) is 0 Å². The Morgan fingerprint density at radius 2 is 1.82 bits per heavy atom. The van der Waals surface area contributed by atoms with E-state index in [1.54, 1.807) is 0 Å². The third-order valence-electron chi connectivity index (χ3n) is 5.69. The number of carbonyl (C=O) groups is 1. The molecular weight excluding hydrogens is 278 g/mol. The van der Waals surface area contributed by atoms with Gasteiger partial charge in [-0.15, -0.1) is 0 Å². The predicted molar refractivity (Wildman–Crippen MR) is 88.9 cm³/mol. The van der Waals surface area contributed by atoms with Crippen LogP contribution in [0.3, 0.4) is 0 Å². The molecule has 0 bridgehead atoms. The zero-order valence-corrected chi connectivity index (χ0v) is 14.2. The van der Waals surface area contributed by atoms with E-state index in [0.29, 0.717) is 12.6 Å². The van der Waals surface area contributed by atoms with Gasteiger partial charge in [-0.2, -0.15) is 0 Å². The van der Waals surface area contributed by atoms with Crippen LogP contribution >= 0.6 is 0 Å². The Hall–Kier alpha value is -0.810. The van der Waals surface area contributed by atoms with Gasteiger partial charge in [-0.25, -0.2) is 4.79 Å². The third-order valence-corrected chi connectivity index (χ3v) is 5.69. The highest BCUT2D eigenvalue weighted by molar-refractivity contribution is 5.74. The normalized spacial score (nSPS) is 20.9. The minimum absolute atomic E-state index is 0.0292. The van der Waals surface area contributed by atoms with Gasteiger partial charge >= 0.3 is 6.03 Å². The van der Waals surface area contributed by atoms with Crippen molar-refractivity contribution in [2.75, 3.05) is 26.2 Å². The molecule has 2 amide bonds. The smallest absolute Gasteiger partial charge is 0.315 e. The van der Waals surface area contributed by atoms with Crippen molar-refractivity contribution >= 4 is 6.03 Å². The van der Waals surface area contributed by atoms with Crippen molar-refractivity contribution in [1.82, 2.24) is 15.5 Å². The fourth-order valence-electron chi connectivity index (χ4n) is 3.53. The van der Waals surface area contributed by atoms with Crippen LogP contribution in [-0.4, -0.2) is 54.4 Å². The number of hydrogen-bond donors (Lipinski definition) is 3. The molecule has 1 aliphatic carbocycles. The minimum Gasteiger partial charge on any atom is -0.396 e. The number of rotatable bonds is 8. The van der Waals surface area contributed by atoms with Crippen molar-refractivity contribution < 1.29 is 9.90 Å². The summed E-state index contributed by atoms with van der Waals surface area (Å²) in [4.78, 5) is 14.7. The van der Waals surface area contributed by atoms with Crippen molar-refractivity contribution in [2.45, 2.75) is 70.9 Å². The van der Waals surface area contributed by atoms with E-state index in [0.717, 1.165) is 51.2 Å². The topological polar surface area (TPSA) is 64.6 Å². The molecule has 0 unspecified atom stereocenters. The molecule has 0 atom stereocenters. The van der Waals surface area contributed by atoms with Crippen molar-refractivity contribution in [2.24, 2.45) is 5.41 Å². The maximum absolute atomic E-state index is 12.1. The molecule has 0 aromatic carbocycles. The van der Waals surface area contributed by atoms with Crippen molar-refractivity contribution in [1.29, 1.82) is 0 Å². The molecule has 0 radical (unpaired) electrons. The van der Waals surface area contributed by atoms with E-state index in [1.165, 1.54) is 12.8 Å². The van der Waals surface area contributed by atoms with Crippen LogP contribution in [0.5, 0.6) is 0 Å². The van der Waals surface area contributed by atoms with Crippen LogP contribution in [0.4, 0.5) is 4.79 Å². The van der Waals surface area contributed by atoms with Crippen LogP contribution in [0.25, 0.3) is 0 Å². The maximum atomic E-state index is 12.1. The Morgan fingerprint density at radius 3 is 2.32 bits per heavy atom. The van der Waals surface area contributed by atoms with Gasteiger partial charge in [0.05, 0.1) is 0 Å². The van der Waals surface area contributed by atoms with Crippen LogP contribution in [0.2, 0.25) is 0 Å². The molecule has 0 aromatic heterocycles. The summed E-state index contributed by atoms with van der Waals surface area (Å²) >= 11 is 0. The largest absolute Gasteiger partial charge is 0.396 e. The van der Waals surface area contributed by atoms with Gasteiger partial charge in [-0.1, -0.05) is 13.8 Å². The molecule has 5 nitrogen and oxygen atoms in total. The number of likely N-dealkylation sites (tertiary alicyclic amines) is 1. The van der Waals surface area contributed by atoms with E-state index in [1.807, 2.05) is 0 Å². The number of piperidine rings is 1. The third kappa shape index (κ3) is 4.85. The summed E-state index contributed by atoms with van der Waals surface area (Å²) < 4.78 is 0. The SMILES string of the molecule is CCC(CC)(CCO)CNC(=O)NC1CCN(C2CC2)CC1. The number of hydrogen-bond acceptors (Lipinski definition) is 3. The Labute approximate surface area is 134 Å². The molecule has 2 fully saturated rings. The van der Waals surface area contributed by atoms with Crippen molar-refractivity contribution in [3.05, 3.63) is 0 Å². The van der Waals surface area contributed by atoms with Gasteiger partial charge < -0.3 is 20.6 Å². The lowest BCUT2D eigenvalue weighted by Gasteiger charge is -2.34. The van der Waals surface area contributed by atoms with Crippen molar-refractivity contribution in [3.63, 3.8) is 0 Å². The number of nitrogens with zero attached hydrogens (tertiary/aromatic N) is 1. The first-order valence-electron chi connectivity index (χ1n) is 9.01. The summed E-state index contributed by atoms with van der Waals surface area (Å²) in [6.45, 7) is 7.33. The predicted octanol–water partition coefficient (Wildman–Crippen LogP) is 2.10. The summed E-state index contributed by atoms with van der Waals surface area (Å²) in [7, 11) is 0. The van der Waals surface area contributed by atoms with Crippen LogP contribution < -0.4 is 10.6 Å². The standard InChI is InChI=1S/C17H33N3O2/c1-3-17(4-2,9-12-21)13-18-16(22)19-14-7-10-20(11-8-14)15-5-6-15/h14-15,21H,3-13H2,1-2H3,(H2,18,19,22). The first-order valence-corrected chi connectivity index (χ1v) is 9.01. The molecule has 22 heavy (non-hydrogen) atoms. The number of aliphatic hydroxyl groups is 1. The lowest BCUT2D eigenvalue weighted by atomic mass is 9.79. The molecule has 1 aliphatic heterocycles. The van der Waals surface area contributed by atoms with Gasteiger partial charge in [0, 0.05) is 38.3 Å². The summed E-state index contributed by atoms with van der Waals surface area (Å²) in [6.07, 6.45) is 7.55. The van der Waals surface area contributed by atoms with Gasteiger partial charge in [0.15, 0.2) is 0 Å². The summed E-state index contributed by atoms with van der Waals surface area (Å²) in [5, 5.41) is 15.4. The maximum Gasteiger partial charge on any atom is 0.315 e. The molecule has 2 rings (SSSR count). The quantitative estimate of drug-likeness (QED) is 0.643. The molecule has 5 heteroatoms.